The lowest BCUT2D eigenvalue weighted by Crippen LogP contribution is -2.21. The molecule has 3 nitrogen and oxygen atoms in total. The summed E-state index contributed by atoms with van der Waals surface area (Å²) in [5.41, 5.74) is 1.33. The van der Waals surface area contributed by atoms with E-state index in [1.54, 1.807) is 0 Å². The van der Waals surface area contributed by atoms with Gasteiger partial charge < -0.3 is 5.32 Å². The molecule has 2 heterocycles. The third-order valence-corrected chi connectivity index (χ3v) is 4.91. The molecule has 21 heavy (non-hydrogen) atoms. The predicted octanol–water partition coefficient (Wildman–Crippen LogP) is 3.42. The zero-order valence-electron chi connectivity index (χ0n) is 12.6. The van der Waals surface area contributed by atoms with E-state index in [9.17, 15) is 0 Å². The fourth-order valence-electron chi connectivity index (χ4n) is 2.38. The van der Waals surface area contributed by atoms with Crippen molar-refractivity contribution in [1.82, 2.24) is 15.2 Å². The van der Waals surface area contributed by atoms with Crippen LogP contribution in [-0.2, 0) is 19.6 Å². The van der Waals surface area contributed by atoms with Gasteiger partial charge in [0.05, 0.1) is 0 Å². The molecule has 4 heteroatoms. The Morgan fingerprint density at radius 1 is 1.14 bits per heavy atom. The van der Waals surface area contributed by atoms with Crippen molar-refractivity contribution in [3.8, 4) is 0 Å². The van der Waals surface area contributed by atoms with Crippen molar-refractivity contribution in [3.05, 3.63) is 52.0 Å². The van der Waals surface area contributed by atoms with Crippen molar-refractivity contribution in [2.24, 2.45) is 0 Å². The van der Waals surface area contributed by atoms with Crippen molar-refractivity contribution in [2.75, 3.05) is 6.54 Å². The molecular formula is C17H23N3S. The summed E-state index contributed by atoms with van der Waals surface area (Å²) in [6, 6.07) is 9.54. The molecule has 2 aromatic heterocycles. The molecule has 0 spiro atoms. The number of hydrogen-bond acceptors (Lipinski definition) is 4. The predicted molar refractivity (Wildman–Crippen MR) is 88.2 cm³/mol. The molecule has 0 unspecified atom stereocenters. The van der Waals surface area contributed by atoms with Gasteiger partial charge in [0.2, 0.25) is 0 Å². The summed E-state index contributed by atoms with van der Waals surface area (Å²) in [4.78, 5) is 9.47. The van der Waals surface area contributed by atoms with Gasteiger partial charge in [0.25, 0.3) is 0 Å². The Labute approximate surface area is 131 Å². The highest BCUT2D eigenvalue weighted by Gasteiger charge is 2.20. The fraction of sp³-hybridized carbons (Fsp3) is 0.471. The number of rotatable bonds is 8. The molecule has 1 aliphatic rings. The maximum absolute atomic E-state index is 4.08. The van der Waals surface area contributed by atoms with E-state index < -0.39 is 0 Å². The average Bonchev–Trinajstić information content (AvgIpc) is 3.25. The standard InChI is InChI=1S/C17H23N3S/c1-2-20(12-14-7-9-18-10-8-14)13-17-6-5-16(21-17)11-19-15-3-4-15/h5-10,15,19H,2-4,11-13H2,1H3. The van der Waals surface area contributed by atoms with Crippen LogP contribution >= 0.6 is 11.3 Å². The highest BCUT2D eigenvalue weighted by Crippen LogP contribution is 2.22. The van der Waals surface area contributed by atoms with E-state index in [0.29, 0.717) is 0 Å². The van der Waals surface area contributed by atoms with Crippen LogP contribution in [0.25, 0.3) is 0 Å². The molecule has 0 aliphatic heterocycles. The summed E-state index contributed by atoms with van der Waals surface area (Å²) in [5.74, 6) is 0. The second kappa shape index (κ2) is 7.16. The lowest BCUT2D eigenvalue weighted by atomic mass is 10.2. The Kier molecular flexibility index (Phi) is 5.01. The first kappa shape index (κ1) is 14.7. The molecule has 1 saturated carbocycles. The van der Waals surface area contributed by atoms with Crippen LogP contribution in [0.5, 0.6) is 0 Å². The van der Waals surface area contributed by atoms with Crippen molar-refractivity contribution < 1.29 is 0 Å². The van der Waals surface area contributed by atoms with Crippen molar-refractivity contribution >= 4 is 11.3 Å². The van der Waals surface area contributed by atoms with E-state index in [1.807, 2.05) is 23.7 Å². The molecular weight excluding hydrogens is 278 g/mol. The maximum atomic E-state index is 4.08. The second-order valence-corrected chi connectivity index (χ2v) is 6.93. The van der Waals surface area contributed by atoms with Crippen LogP contribution in [0.1, 0.15) is 35.1 Å². The van der Waals surface area contributed by atoms with Crippen molar-refractivity contribution in [1.29, 1.82) is 0 Å². The summed E-state index contributed by atoms with van der Waals surface area (Å²) < 4.78 is 0. The molecule has 1 fully saturated rings. The first-order chi connectivity index (χ1) is 10.3. The molecule has 0 bridgehead atoms. The molecule has 2 aromatic rings. The molecule has 0 saturated heterocycles. The molecule has 112 valence electrons. The van der Waals surface area contributed by atoms with E-state index in [2.05, 4.69) is 46.4 Å². The molecule has 0 amide bonds. The van der Waals surface area contributed by atoms with Crippen LogP contribution in [0.4, 0.5) is 0 Å². The topological polar surface area (TPSA) is 28.2 Å². The number of pyridine rings is 1. The van der Waals surface area contributed by atoms with Gasteiger partial charge in [-0.3, -0.25) is 9.88 Å². The molecule has 1 aliphatic carbocycles. The van der Waals surface area contributed by atoms with Gasteiger partial charge in [0.15, 0.2) is 0 Å². The van der Waals surface area contributed by atoms with Crippen LogP contribution in [0, 0.1) is 0 Å². The van der Waals surface area contributed by atoms with E-state index >= 15 is 0 Å². The molecule has 0 radical (unpaired) electrons. The summed E-state index contributed by atoms with van der Waals surface area (Å²) in [5, 5.41) is 3.58. The van der Waals surface area contributed by atoms with Gasteiger partial charge in [-0.05, 0) is 49.2 Å². The zero-order chi connectivity index (χ0) is 14.5. The smallest absolute Gasteiger partial charge is 0.0331 e. The summed E-state index contributed by atoms with van der Waals surface area (Å²) in [7, 11) is 0. The average molecular weight is 301 g/mol. The Bertz CT molecular complexity index is 548. The SMILES string of the molecule is CCN(Cc1ccncc1)Cc1ccc(CNC2CC2)s1. The highest BCUT2D eigenvalue weighted by molar-refractivity contribution is 7.11. The zero-order valence-corrected chi connectivity index (χ0v) is 13.4. The molecule has 1 N–H and O–H groups in total. The number of aromatic nitrogens is 1. The van der Waals surface area contributed by atoms with Gasteiger partial charge in [-0.1, -0.05) is 6.92 Å². The minimum Gasteiger partial charge on any atom is -0.309 e. The van der Waals surface area contributed by atoms with Crippen LogP contribution in [0.3, 0.4) is 0 Å². The molecule has 3 rings (SSSR count). The van der Waals surface area contributed by atoms with Gasteiger partial charge in [0, 0.05) is 47.8 Å². The Hall–Kier alpha value is -1.23. The second-order valence-electron chi connectivity index (χ2n) is 5.68. The van der Waals surface area contributed by atoms with Crippen LogP contribution in [0.15, 0.2) is 36.7 Å². The quantitative estimate of drug-likeness (QED) is 0.810. The maximum Gasteiger partial charge on any atom is 0.0331 e. The van der Waals surface area contributed by atoms with Gasteiger partial charge in [-0.15, -0.1) is 11.3 Å². The minimum absolute atomic E-state index is 0.786. The minimum atomic E-state index is 0.786. The van der Waals surface area contributed by atoms with E-state index in [-0.39, 0.29) is 0 Å². The monoisotopic (exact) mass is 301 g/mol. The Morgan fingerprint density at radius 2 is 1.90 bits per heavy atom. The number of nitrogens with one attached hydrogen (secondary N) is 1. The van der Waals surface area contributed by atoms with Crippen LogP contribution in [-0.4, -0.2) is 22.5 Å². The lowest BCUT2D eigenvalue weighted by Gasteiger charge is -2.19. The number of nitrogens with zero attached hydrogens (tertiary/aromatic N) is 2. The Morgan fingerprint density at radius 3 is 2.62 bits per heavy atom. The fourth-order valence-corrected chi connectivity index (χ4v) is 3.39. The van der Waals surface area contributed by atoms with Crippen LogP contribution in [0.2, 0.25) is 0 Å². The van der Waals surface area contributed by atoms with Crippen molar-refractivity contribution in [3.63, 3.8) is 0 Å². The number of hydrogen-bond donors (Lipinski definition) is 1. The van der Waals surface area contributed by atoms with Gasteiger partial charge >= 0.3 is 0 Å². The van der Waals surface area contributed by atoms with Gasteiger partial charge in [-0.2, -0.15) is 0 Å². The lowest BCUT2D eigenvalue weighted by molar-refractivity contribution is 0.274. The molecule has 0 aromatic carbocycles. The molecule has 0 atom stereocenters. The normalized spacial score (nSPS) is 14.8. The highest BCUT2D eigenvalue weighted by atomic mass is 32.1. The van der Waals surface area contributed by atoms with Gasteiger partial charge in [0.1, 0.15) is 0 Å². The number of thiophene rings is 1. The van der Waals surface area contributed by atoms with Gasteiger partial charge in [-0.25, -0.2) is 0 Å². The largest absolute Gasteiger partial charge is 0.309 e. The van der Waals surface area contributed by atoms with Crippen molar-refractivity contribution in [2.45, 2.75) is 45.4 Å². The third kappa shape index (κ3) is 4.63. The Balaban J connectivity index is 1.53. The summed E-state index contributed by atoms with van der Waals surface area (Å²) >= 11 is 1.94. The summed E-state index contributed by atoms with van der Waals surface area (Å²) in [6.45, 7) is 6.35. The van der Waals surface area contributed by atoms with Crippen LogP contribution < -0.4 is 5.32 Å². The first-order valence-corrected chi connectivity index (χ1v) is 8.57. The van der Waals surface area contributed by atoms with E-state index in [0.717, 1.165) is 32.2 Å². The third-order valence-electron chi connectivity index (χ3n) is 3.84. The van der Waals surface area contributed by atoms with E-state index in [4.69, 9.17) is 0 Å². The van der Waals surface area contributed by atoms with E-state index in [1.165, 1.54) is 28.2 Å². The summed E-state index contributed by atoms with van der Waals surface area (Å²) in [6.07, 6.45) is 6.45. The first-order valence-electron chi connectivity index (χ1n) is 7.75.